The number of anilines is 1. The third-order valence-electron chi connectivity index (χ3n) is 7.63. The minimum atomic E-state index is -2.71. The molecule has 2 N–H and O–H groups in total. The number of hydrogen-bond acceptors (Lipinski definition) is 6. The number of halogens is 2. The highest BCUT2D eigenvalue weighted by Gasteiger charge is 2.41. The molecular weight excluding hydrogens is 526 g/mol. The molecule has 1 atom stereocenters. The van der Waals surface area contributed by atoms with Gasteiger partial charge in [-0.25, -0.2) is 13.8 Å². The molecule has 0 saturated heterocycles. The van der Waals surface area contributed by atoms with E-state index >= 15 is 0 Å². The van der Waals surface area contributed by atoms with Crippen molar-refractivity contribution in [2.75, 3.05) is 12.3 Å². The number of aromatic nitrogens is 3. The van der Waals surface area contributed by atoms with Crippen LogP contribution in [-0.2, 0) is 22.6 Å². The van der Waals surface area contributed by atoms with Gasteiger partial charge in [-0.3, -0.25) is 9.48 Å². The Morgan fingerprint density at radius 1 is 1.07 bits per heavy atom. The van der Waals surface area contributed by atoms with Gasteiger partial charge in [0.1, 0.15) is 23.9 Å². The maximum atomic E-state index is 14.2. The van der Waals surface area contributed by atoms with E-state index in [4.69, 9.17) is 20.3 Å². The zero-order valence-corrected chi connectivity index (χ0v) is 22.6. The largest absolute Gasteiger partial charge is 0.487 e. The van der Waals surface area contributed by atoms with Gasteiger partial charge in [0.25, 0.3) is 0 Å². The van der Waals surface area contributed by atoms with Crippen molar-refractivity contribution in [2.45, 2.75) is 51.2 Å². The number of benzene rings is 3. The molecule has 2 heterocycles. The summed E-state index contributed by atoms with van der Waals surface area (Å²) in [5.74, 6) is -2.04. The number of hydrogen-bond donors (Lipinski definition) is 1. The number of nitrogen functional groups attached to an aromatic ring is 1. The number of fused-ring (bicyclic) bond motifs is 2. The van der Waals surface area contributed by atoms with Crippen LogP contribution in [0, 0.1) is 0 Å². The zero-order chi connectivity index (χ0) is 28.6. The molecule has 0 bridgehead atoms. The normalized spacial score (nSPS) is 16.3. The molecule has 0 amide bonds. The smallest absolute Gasteiger partial charge is 0.310 e. The minimum absolute atomic E-state index is 0.0829. The summed E-state index contributed by atoms with van der Waals surface area (Å²) >= 11 is 0. The lowest BCUT2D eigenvalue weighted by Crippen LogP contribution is -2.13. The van der Waals surface area contributed by atoms with E-state index in [1.807, 2.05) is 60.7 Å². The van der Waals surface area contributed by atoms with Gasteiger partial charge in [0.2, 0.25) is 5.92 Å². The van der Waals surface area contributed by atoms with E-state index in [0.29, 0.717) is 35.9 Å². The summed E-state index contributed by atoms with van der Waals surface area (Å²) in [6.07, 6.45) is 1.72. The lowest BCUT2D eigenvalue weighted by molar-refractivity contribution is -0.142. The van der Waals surface area contributed by atoms with Crippen molar-refractivity contribution in [1.29, 1.82) is 0 Å². The maximum Gasteiger partial charge on any atom is 0.310 e. The molecule has 6 rings (SSSR count). The molecule has 7 nitrogen and oxygen atoms in total. The van der Waals surface area contributed by atoms with Crippen molar-refractivity contribution in [2.24, 2.45) is 0 Å². The van der Waals surface area contributed by atoms with E-state index < -0.39 is 12.0 Å². The van der Waals surface area contributed by atoms with E-state index in [2.05, 4.69) is 4.98 Å². The van der Waals surface area contributed by atoms with E-state index in [-0.39, 0.29) is 31.8 Å². The van der Waals surface area contributed by atoms with Crippen molar-refractivity contribution in [3.05, 3.63) is 84.2 Å². The predicted molar refractivity (Wildman–Crippen MR) is 154 cm³/mol. The van der Waals surface area contributed by atoms with Gasteiger partial charge in [0, 0.05) is 35.4 Å². The number of rotatable bonds is 8. The number of alkyl halides is 2. The van der Waals surface area contributed by atoms with Crippen LogP contribution in [0.15, 0.2) is 72.9 Å². The molecule has 5 aromatic rings. The molecule has 0 spiro atoms. The SMILES string of the molecule is CCOC(=O)Cc1ccccc1OCc1nn(C2CCC(F)(F)C2)c2ccc(-c3cccc4c(N)nccc34)cc12. The molecule has 1 saturated carbocycles. The van der Waals surface area contributed by atoms with Crippen LogP contribution < -0.4 is 10.5 Å². The average molecular weight is 557 g/mol. The van der Waals surface area contributed by atoms with Crippen LogP contribution in [0.4, 0.5) is 14.6 Å². The Bertz CT molecular complexity index is 1750. The Kier molecular flexibility index (Phi) is 7.03. The van der Waals surface area contributed by atoms with Crippen LogP contribution in [-0.4, -0.2) is 33.3 Å². The van der Waals surface area contributed by atoms with E-state index in [1.165, 1.54) is 0 Å². The fourth-order valence-electron chi connectivity index (χ4n) is 5.68. The topological polar surface area (TPSA) is 92.3 Å². The van der Waals surface area contributed by atoms with Crippen molar-refractivity contribution in [1.82, 2.24) is 14.8 Å². The molecule has 1 aliphatic carbocycles. The number of ether oxygens (including phenoxy) is 2. The highest BCUT2D eigenvalue weighted by molar-refractivity contribution is 6.02. The average Bonchev–Trinajstić information content (AvgIpc) is 3.51. The molecule has 0 aliphatic heterocycles. The molecule has 0 radical (unpaired) electrons. The van der Waals surface area contributed by atoms with Crippen LogP contribution in [0.3, 0.4) is 0 Å². The zero-order valence-electron chi connectivity index (χ0n) is 22.6. The first-order chi connectivity index (χ1) is 19.8. The molecule has 1 fully saturated rings. The van der Waals surface area contributed by atoms with Gasteiger partial charge in [-0.2, -0.15) is 5.10 Å². The fraction of sp³-hybridized carbons (Fsp3) is 0.281. The number of nitrogens with two attached hydrogens (primary N) is 1. The van der Waals surface area contributed by atoms with Crippen molar-refractivity contribution in [3.63, 3.8) is 0 Å². The van der Waals surface area contributed by atoms with Crippen LogP contribution in [0.2, 0.25) is 0 Å². The molecule has 41 heavy (non-hydrogen) atoms. The molecular formula is C32H30F2N4O3. The monoisotopic (exact) mass is 556 g/mol. The summed E-state index contributed by atoms with van der Waals surface area (Å²) in [5.41, 5.74) is 10.2. The summed E-state index contributed by atoms with van der Waals surface area (Å²) in [6, 6.07) is 20.7. The second-order valence-corrected chi connectivity index (χ2v) is 10.4. The first-order valence-electron chi connectivity index (χ1n) is 13.7. The molecule has 1 aliphatic rings. The van der Waals surface area contributed by atoms with Gasteiger partial charge in [-0.15, -0.1) is 0 Å². The Morgan fingerprint density at radius 3 is 2.73 bits per heavy atom. The number of pyridine rings is 1. The maximum absolute atomic E-state index is 14.2. The minimum Gasteiger partial charge on any atom is -0.487 e. The number of esters is 1. The summed E-state index contributed by atoms with van der Waals surface area (Å²) in [5, 5.41) is 7.46. The lowest BCUT2D eigenvalue weighted by atomic mass is 9.97. The first-order valence-corrected chi connectivity index (χ1v) is 13.7. The molecule has 210 valence electrons. The predicted octanol–water partition coefficient (Wildman–Crippen LogP) is 6.88. The van der Waals surface area contributed by atoms with Crippen LogP contribution in [0.1, 0.15) is 43.5 Å². The second-order valence-electron chi connectivity index (χ2n) is 10.4. The van der Waals surface area contributed by atoms with Gasteiger partial charge < -0.3 is 15.2 Å². The molecule has 1 unspecified atom stereocenters. The summed E-state index contributed by atoms with van der Waals surface area (Å²) < 4.78 is 41.5. The van der Waals surface area contributed by atoms with Gasteiger partial charge in [0.15, 0.2) is 0 Å². The van der Waals surface area contributed by atoms with Crippen molar-refractivity contribution >= 4 is 33.5 Å². The number of carbonyl (C=O) groups is 1. The van der Waals surface area contributed by atoms with Gasteiger partial charge >= 0.3 is 5.97 Å². The third kappa shape index (κ3) is 5.31. The van der Waals surface area contributed by atoms with Crippen molar-refractivity contribution < 1.29 is 23.0 Å². The summed E-state index contributed by atoms with van der Waals surface area (Å²) in [6.45, 7) is 2.16. The van der Waals surface area contributed by atoms with Crippen LogP contribution in [0.5, 0.6) is 5.75 Å². The lowest BCUT2D eigenvalue weighted by Gasteiger charge is -2.13. The van der Waals surface area contributed by atoms with E-state index in [9.17, 15) is 13.6 Å². The van der Waals surface area contributed by atoms with Crippen LogP contribution in [0.25, 0.3) is 32.8 Å². The number of nitrogens with zero attached hydrogens (tertiary/aromatic N) is 3. The molecule has 9 heteroatoms. The van der Waals surface area contributed by atoms with Gasteiger partial charge in [0.05, 0.1) is 24.6 Å². The summed E-state index contributed by atoms with van der Waals surface area (Å²) in [7, 11) is 0. The third-order valence-corrected chi connectivity index (χ3v) is 7.63. The van der Waals surface area contributed by atoms with E-state index in [0.717, 1.165) is 32.8 Å². The van der Waals surface area contributed by atoms with Crippen LogP contribution >= 0.6 is 0 Å². The summed E-state index contributed by atoms with van der Waals surface area (Å²) in [4.78, 5) is 16.3. The van der Waals surface area contributed by atoms with Gasteiger partial charge in [-0.05, 0) is 54.1 Å². The van der Waals surface area contributed by atoms with E-state index in [1.54, 1.807) is 23.9 Å². The highest BCUT2D eigenvalue weighted by atomic mass is 19.3. The standard InChI is InChI=1S/C32H30F2N4O3/c1-2-40-30(39)17-21-6-3-4-9-29(21)41-19-27-26-16-20(23-7-5-8-25-24(23)13-15-36-31(25)35)10-11-28(26)38(37-27)22-12-14-32(33,34)18-22/h3-11,13,15-16,22H,2,12,14,17-19H2,1H3,(H2,35,36). The highest BCUT2D eigenvalue weighted by Crippen LogP contribution is 2.43. The Labute approximate surface area is 235 Å². The molecule has 3 aromatic carbocycles. The Morgan fingerprint density at radius 2 is 1.93 bits per heavy atom. The fourth-order valence-corrected chi connectivity index (χ4v) is 5.68. The second kappa shape index (κ2) is 10.8. The molecule has 2 aromatic heterocycles. The first kappa shape index (κ1) is 26.7. The van der Waals surface area contributed by atoms with Crippen molar-refractivity contribution in [3.8, 4) is 16.9 Å². The quantitative estimate of drug-likeness (QED) is 0.210. The number of para-hydroxylation sites is 1. The number of carbonyl (C=O) groups excluding carboxylic acids is 1. The van der Waals surface area contributed by atoms with Gasteiger partial charge in [-0.1, -0.05) is 42.5 Å². The Balaban J connectivity index is 1.40. The Hall–Kier alpha value is -4.53.